The second-order valence-corrected chi connectivity index (χ2v) is 7.47. The normalized spacial score (nSPS) is 11.0. The number of nitrogens with zero attached hydrogens (tertiary/aromatic N) is 1. The van der Waals surface area contributed by atoms with Gasteiger partial charge in [0.25, 0.3) is 5.91 Å². The minimum absolute atomic E-state index is 0.150. The molecule has 0 radical (unpaired) electrons. The third-order valence-corrected chi connectivity index (χ3v) is 4.62. The highest BCUT2D eigenvalue weighted by molar-refractivity contribution is 7.92. The van der Waals surface area contributed by atoms with Crippen LogP contribution in [0.5, 0.6) is 0 Å². The predicted octanol–water partition coefficient (Wildman–Crippen LogP) is 1.50. The van der Waals surface area contributed by atoms with Gasteiger partial charge in [-0.05, 0) is 31.2 Å². The van der Waals surface area contributed by atoms with E-state index in [9.17, 15) is 18.0 Å². The van der Waals surface area contributed by atoms with E-state index in [-0.39, 0.29) is 11.3 Å². The standard InChI is InChI=1S/C17H19N3O4S/c1-12-7-9-13(10-8-12)20(25(2,23)24)11-16(21)19-15-6-4-3-5-14(15)17(18)22/h3-10H,11H2,1-2H3,(H2,18,22)(H,19,21). The number of carbonyl (C=O) groups excluding carboxylic acids is 2. The Morgan fingerprint density at radius 1 is 1.08 bits per heavy atom. The maximum Gasteiger partial charge on any atom is 0.250 e. The van der Waals surface area contributed by atoms with Crippen LogP contribution in [-0.4, -0.2) is 33.0 Å². The number of amides is 2. The van der Waals surface area contributed by atoms with Crippen LogP contribution in [0.15, 0.2) is 48.5 Å². The Balaban J connectivity index is 2.24. The molecule has 0 heterocycles. The molecule has 2 aromatic carbocycles. The highest BCUT2D eigenvalue weighted by Gasteiger charge is 2.21. The summed E-state index contributed by atoms with van der Waals surface area (Å²) in [4.78, 5) is 23.7. The van der Waals surface area contributed by atoms with Crippen molar-refractivity contribution >= 4 is 33.2 Å². The van der Waals surface area contributed by atoms with Gasteiger partial charge in [-0.15, -0.1) is 0 Å². The number of rotatable bonds is 6. The largest absolute Gasteiger partial charge is 0.366 e. The van der Waals surface area contributed by atoms with Gasteiger partial charge in [-0.25, -0.2) is 8.42 Å². The summed E-state index contributed by atoms with van der Waals surface area (Å²) in [6.45, 7) is 1.46. The second-order valence-electron chi connectivity index (χ2n) is 5.56. The van der Waals surface area contributed by atoms with E-state index in [2.05, 4.69) is 5.32 Å². The molecule has 0 atom stereocenters. The summed E-state index contributed by atoms with van der Waals surface area (Å²) < 4.78 is 25.1. The highest BCUT2D eigenvalue weighted by Crippen LogP contribution is 2.19. The number of nitrogens with one attached hydrogen (secondary N) is 1. The predicted molar refractivity (Wildman–Crippen MR) is 97.0 cm³/mol. The summed E-state index contributed by atoms with van der Waals surface area (Å²) in [6, 6.07) is 13.0. The minimum Gasteiger partial charge on any atom is -0.366 e. The van der Waals surface area contributed by atoms with Crippen LogP contribution in [0.1, 0.15) is 15.9 Å². The molecule has 0 aromatic heterocycles. The number of primary amides is 1. The molecule has 0 unspecified atom stereocenters. The molecule has 0 saturated carbocycles. The average molecular weight is 361 g/mol. The molecule has 0 aliphatic heterocycles. The first-order chi connectivity index (χ1) is 11.7. The number of anilines is 2. The van der Waals surface area contributed by atoms with Gasteiger partial charge in [-0.1, -0.05) is 29.8 Å². The molecule has 2 aromatic rings. The number of hydrogen-bond donors (Lipinski definition) is 2. The average Bonchev–Trinajstić information content (AvgIpc) is 2.53. The molecule has 3 N–H and O–H groups in total. The molecule has 7 nitrogen and oxygen atoms in total. The third-order valence-electron chi connectivity index (χ3n) is 3.48. The van der Waals surface area contributed by atoms with Gasteiger partial charge in [0.05, 0.1) is 23.2 Å². The first kappa shape index (κ1) is 18.5. The molecule has 2 amide bonds. The number of sulfonamides is 1. The van der Waals surface area contributed by atoms with Crippen LogP contribution < -0.4 is 15.4 Å². The Morgan fingerprint density at radius 2 is 1.68 bits per heavy atom. The summed E-state index contributed by atoms with van der Waals surface area (Å²) in [6.07, 6.45) is 1.03. The lowest BCUT2D eigenvalue weighted by atomic mass is 10.1. The minimum atomic E-state index is -3.66. The Hall–Kier alpha value is -2.87. The first-order valence-electron chi connectivity index (χ1n) is 7.41. The molecule has 0 spiro atoms. The number of nitrogens with two attached hydrogens (primary N) is 1. The summed E-state index contributed by atoms with van der Waals surface area (Å²) in [5, 5.41) is 2.53. The quantitative estimate of drug-likeness (QED) is 0.812. The van der Waals surface area contributed by atoms with Crippen LogP contribution in [-0.2, 0) is 14.8 Å². The number of benzene rings is 2. The maximum atomic E-state index is 12.3. The SMILES string of the molecule is Cc1ccc(N(CC(=O)Nc2ccccc2C(N)=O)S(C)(=O)=O)cc1. The van der Waals surface area contributed by atoms with Crippen LogP contribution in [0.25, 0.3) is 0 Å². The van der Waals surface area contributed by atoms with Crippen molar-refractivity contribution in [2.45, 2.75) is 6.92 Å². The number of aryl methyl sites for hydroxylation is 1. The fraction of sp³-hybridized carbons (Fsp3) is 0.176. The van der Waals surface area contributed by atoms with Gasteiger partial charge < -0.3 is 11.1 Å². The van der Waals surface area contributed by atoms with E-state index in [0.717, 1.165) is 16.1 Å². The van der Waals surface area contributed by atoms with Crippen LogP contribution >= 0.6 is 0 Å². The van der Waals surface area contributed by atoms with E-state index in [4.69, 9.17) is 5.73 Å². The zero-order valence-corrected chi connectivity index (χ0v) is 14.7. The van der Waals surface area contributed by atoms with Gasteiger partial charge in [0.15, 0.2) is 0 Å². The van der Waals surface area contributed by atoms with E-state index in [1.165, 1.54) is 12.1 Å². The number of para-hydroxylation sites is 1. The molecule has 0 fully saturated rings. The van der Waals surface area contributed by atoms with Crippen molar-refractivity contribution in [2.24, 2.45) is 5.73 Å². The molecular formula is C17H19N3O4S. The fourth-order valence-electron chi connectivity index (χ4n) is 2.24. The molecule has 0 saturated heterocycles. The van der Waals surface area contributed by atoms with Gasteiger partial charge in [0, 0.05) is 0 Å². The zero-order valence-electron chi connectivity index (χ0n) is 13.9. The summed E-state index contributed by atoms with van der Waals surface area (Å²) in [5.74, 6) is -1.27. The molecule has 0 aliphatic carbocycles. The van der Waals surface area contributed by atoms with Gasteiger partial charge in [-0.2, -0.15) is 0 Å². The maximum absolute atomic E-state index is 12.3. The van der Waals surface area contributed by atoms with Crippen molar-refractivity contribution in [3.63, 3.8) is 0 Å². The lowest BCUT2D eigenvalue weighted by Crippen LogP contribution is -2.37. The second kappa shape index (κ2) is 7.35. The summed E-state index contributed by atoms with van der Waals surface area (Å²) >= 11 is 0. The topological polar surface area (TPSA) is 110 Å². The smallest absolute Gasteiger partial charge is 0.250 e. The van der Waals surface area contributed by atoms with Crippen molar-refractivity contribution in [3.05, 3.63) is 59.7 Å². The molecular weight excluding hydrogens is 342 g/mol. The Labute approximate surface area is 146 Å². The van der Waals surface area contributed by atoms with Gasteiger partial charge in [0.2, 0.25) is 15.9 Å². The Kier molecular flexibility index (Phi) is 5.43. The van der Waals surface area contributed by atoms with E-state index < -0.39 is 28.4 Å². The van der Waals surface area contributed by atoms with Gasteiger partial charge in [0.1, 0.15) is 6.54 Å². The molecule has 25 heavy (non-hydrogen) atoms. The molecule has 0 bridgehead atoms. The van der Waals surface area contributed by atoms with E-state index in [1.54, 1.807) is 36.4 Å². The molecule has 2 rings (SSSR count). The first-order valence-corrected chi connectivity index (χ1v) is 9.26. The van der Waals surface area contributed by atoms with E-state index in [0.29, 0.717) is 5.69 Å². The third kappa shape index (κ3) is 4.80. The van der Waals surface area contributed by atoms with Crippen LogP contribution in [0.3, 0.4) is 0 Å². The van der Waals surface area contributed by atoms with Crippen LogP contribution in [0.4, 0.5) is 11.4 Å². The molecule has 132 valence electrons. The van der Waals surface area contributed by atoms with Gasteiger partial charge in [-0.3, -0.25) is 13.9 Å². The number of carbonyl (C=O) groups is 2. The van der Waals surface area contributed by atoms with E-state index in [1.807, 2.05) is 6.92 Å². The zero-order chi connectivity index (χ0) is 18.6. The van der Waals surface area contributed by atoms with E-state index >= 15 is 0 Å². The highest BCUT2D eigenvalue weighted by atomic mass is 32.2. The van der Waals surface area contributed by atoms with Crippen molar-refractivity contribution in [2.75, 3.05) is 22.4 Å². The van der Waals surface area contributed by atoms with Crippen LogP contribution in [0, 0.1) is 6.92 Å². The summed E-state index contributed by atoms with van der Waals surface area (Å²) in [7, 11) is -3.66. The van der Waals surface area contributed by atoms with Crippen molar-refractivity contribution in [3.8, 4) is 0 Å². The fourth-order valence-corrected chi connectivity index (χ4v) is 3.09. The van der Waals surface area contributed by atoms with Crippen LogP contribution in [0.2, 0.25) is 0 Å². The van der Waals surface area contributed by atoms with Gasteiger partial charge >= 0.3 is 0 Å². The lowest BCUT2D eigenvalue weighted by Gasteiger charge is -2.22. The lowest BCUT2D eigenvalue weighted by molar-refractivity contribution is -0.114. The Morgan fingerprint density at radius 3 is 2.24 bits per heavy atom. The molecule has 0 aliphatic rings. The van der Waals surface area contributed by atoms with Crippen molar-refractivity contribution in [1.82, 2.24) is 0 Å². The monoisotopic (exact) mass is 361 g/mol. The number of hydrogen-bond acceptors (Lipinski definition) is 4. The Bertz CT molecular complexity index is 892. The van der Waals surface area contributed by atoms with Crippen molar-refractivity contribution < 1.29 is 18.0 Å². The summed E-state index contributed by atoms with van der Waals surface area (Å²) in [5.41, 5.74) is 7.00. The van der Waals surface area contributed by atoms with Crippen molar-refractivity contribution in [1.29, 1.82) is 0 Å². The molecule has 8 heteroatoms.